The Morgan fingerprint density at radius 1 is 0.791 bits per heavy atom. The first-order valence-corrected chi connectivity index (χ1v) is 15.9. The molecule has 0 heterocycles. The molecule has 0 bridgehead atoms. The number of sulfonamides is 1. The summed E-state index contributed by atoms with van der Waals surface area (Å²) in [6, 6.07) is 29.1. The number of nitrogens with one attached hydrogen (secondary N) is 2. The lowest BCUT2D eigenvalue weighted by molar-refractivity contribution is -0.114. The Hall–Kier alpha value is -4.63. The Labute approximate surface area is 252 Å². The van der Waals surface area contributed by atoms with Crippen molar-refractivity contribution in [2.45, 2.75) is 50.0 Å². The van der Waals surface area contributed by atoms with Crippen molar-refractivity contribution >= 4 is 33.2 Å². The number of carbonyl (C=O) groups is 2. The van der Waals surface area contributed by atoms with Gasteiger partial charge < -0.3 is 15.4 Å². The molecule has 1 fully saturated rings. The standard InChI is InChI=1S/C34H35N3O5S/c1-25-16-22-30(23-17-25)43(40,41)37(27-18-20-29(21-19-27)42-28-12-6-3-7-13-28)24-33(38)36-32-15-9-8-14-31(32)34(39)35-26-10-4-2-5-11-26/h3,6-9,12-23,26H,2,4-5,10-11,24H2,1H3,(H,35,39)(H,36,38). The topological polar surface area (TPSA) is 105 Å². The van der Waals surface area contributed by atoms with Crippen LogP contribution in [-0.4, -0.2) is 32.8 Å². The lowest BCUT2D eigenvalue weighted by atomic mass is 9.95. The average Bonchev–Trinajstić information content (AvgIpc) is 3.02. The van der Waals surface area contributed by atoms with Crippen molar-refractivity contribution in [3.8, 4) is 11.5 Å². The Balaban J connectivity index is 1.38. The van der Waals surface area contributed by atoms with Crippen molar-refractivity contribution < 1.29 is 22.7 Å². The zero-order chi connectivity index (χ0) is 30.2. The van der Waals surface area contributed by atoms with Crippen molar-refractivity contribution in [2.24, 2.45) is 0 Å². The van der Waals surface area contributed by atoms with Gasteiger partial charge in [-0.25, -0.2) is 8.42 Å². The fourth-order valence-corrected chi connectivity index (χ4v) is 6.50. The Kier molecular flexibility index (Phi) is 9.41. The zero-order valence-corrected chi connectivity index (χ0v) is 24.8. The number of hydrogen-bond acceptors (Lipinski definition) is 5. The molecule has 2 amide bonds. The van der Waals surface area contributed by atoms with E-state index in [0.29, 0.717) is 28.4 Å². The molecule has 0 radical (unpaired) electrons. The highest BCUT2D eigenvalue weighted by Gasteiger charge is 2.28. The Morgan fingerprint density at radius 2 is 1.42 bits per heavy atom. The molecule has 1 aliphatic carbocycles. The van der Waals surface area contributed by atoms with Gasteiger partial charge in [-0.3, -0.25) is 13.9 Å². The van der Waals surface area contributed by atoms with Crippen LogP contribution in [0.2, 0.25) is 0 Å². The van der Waals surface area contributed by atoms with E-state index in [1.807, 2.05) is 37.3 Å². The molecule has 5 rings (SSSR count). The second-order valence-electron chi connectivity index (χ2n) is 10.6. The first-order chi connectivity index (χ1) is 20.8. The van der Waals surface area contributed by atoms with Gasteiger partial charge in [-0.15, -0.1) is 0 Å². The summed E-state index contributed by atoms with van der Waals surface area (Å²) in [7, 11) is -4.12. The van der Waals surface area contributed by atoms with Crippen LogP contribution in [0.25, 0.3) is 0 Å². The summed E-state index contributed by atoms with van der Waals surface area (Å²) in [5, 5.41) is 5.85. The van der Waals surface area contributed by atoms with E-state index in [9.17, 15) is 18.0 Å². The second kappa shape index (κ2) is 13.6. The van der Waals surface area contributed by atoms with E-state index in [4.69, 9.17) is 4.74 Å². The van der Waals surface area contributed by atoms with Gasteiger partial charge in [-0.05, 0) is 80.4 Å². The lowest BCUT2D eigenvalue weighted by Crippen LogP contribution is -2.39. The molecule has 0 spiro atoms. The highest BCUT2D eigenvalue weighted by Crippen LogP contribution is 2.29. The predicted molar refractivity (Wildman–Crippen MR) is 168 cm³/mol. The average molecular weight is 598 g/mol. The summed E-state index contributed by atoms with van der Waals surface area (Å²) < 4.78 is 34.6. The number of nitrogens with zero attached hydrogens (tertiary/aromatic N) is 1. The van der Waals surface area contributed by atoms with Crippen LogP contribution in [-0.2, 0) is 14.8 Å². The van der Waals surface area contributed by atoms with Gasteiger partial charge in [-0.1, -0.05) is 67.3 Å². The van der Waals surface area contributed by atoms with Crippen LogP contribution < -0.4 is 19.7 Å². The van der Waals surface area contributed by atoms with Crippen LogP contribution in [0.4, 0.5) is 11.4 Å². The van der Waals surface area contributed by atoms with Crippen molar-refractivity contribution in [3.63, 3.8) is 0 Å². The molecule has 4 aromatic rings. The summed E-state index contributed by atoms with van der Waals surface area (Å²) in [6.45, 7) is 1.36. The molecule has 1 saturated carbocycles. The number of rotatable bonds is 10. The van der Waals surface area contributed by atoms with Crippen LogP contribution in [0.3, 0.4) is 0 Å². The molecule has 0 aliphatic heterocycles. The number of amides is 2. The maximum Gasteiger partial charge on any atom is 0.264 e. The Bertz CT molecular complexity index is 1650. The minimum Gasteiger partial charge on any atom is -0.457 e. The molecule has 222 valence electrons. The molecule has 0 saturated heterocycles. The molecular weight excluding hydrogens is 562 g/mol. The van der Waals surface area contributed by atoms with Crippen LogP contribution >= 0.6 is 0 Å². The highest BCUT2D eigenvalue weighted by atomic mass is 32.2. The van der Waals surface area contributed by atoms with Crippen LogP contribution in [0.15, 0.2) is 108 Å². The lowest BCUT2D eigenvalue weighted by Gasteiger charge is -2.25. The highest BCUT2D eigenvalue weighted by molar-refractivity contribution is 7.92. The smallest absolute Gasteiger partial charge is 0.264 e. The number of hydrogen-bond donors (Lipinski definition) is 2. The molecule has 0 atom stereocenters. The maximum atomic E-state index is 13.9. The SMILES string of the molecule is Cc1ccc(S(=O)(=O)N(CC(=O)Nc2ccccc2C(=O)NC2CCCCC2)c2ccc(Oc3ccccc3)cc2)cc1. The molecular formula is C34H35N3O5S. The van der Waals surface area contributed by atoms with E-state index in [2.05, 4.69) is 10.6 Å². The first-order valence-electron chi connectivity index (χ1n) is 14.4. The maximum absolute atomic E-state index is 13.9. The number of para-hydroxylation sites is 2. The Morgan fingerprint density at radius 3 is 2.12 bits per heavy atom. The van der Waals surface area contributed by atoms with Gasteiger partial charge in [0.05, 0.1) is 21.8 Å². The van der Waals surface area contributed by atoms with Gasteiger partial charge in [0, 0.05) is 6.04 Å². The minimum absolute atomic E-state index is 0.0581. The van der Waals surface area contributed by atoms with E-state index >= 15 is 0 Å². The molecule has 43 heavy (non-hydrogen) atoms. The molecule has 0 unspecified atom stereocenters. The van der Waals surface area contributed by atoms with Gasteiger partial charge >= 0.3 is 0 Å². The summed E-state index contributed by atoms with van der Waals surface area (Å²) in [5.41, 5.74) is 1.85. The van der Waals surface area contributed by atoms with E-state index in [0.717, 1.165) is 35.6 Å². The van der Waals surface area contributed by atoms with Crippen LogP contribution in [0, 0.1) is 6.92 Å². The normalized spacial score (nSPS) is 13.6. The number of carbonyl (C=O) groups excluding carboxylic acids is 2. The van der Waals surface area contributed by atoms with Gasteiger partial charge in [0.1, 0.15) is 18.0 Å². The fraction of sp³-hybridized carbons (Fsp3) is 0.235. The minimum atomic E-state index is -4.12. The zero-order valence-electron chi connectivity index (χ0n) is 24.0. The number of aryl methyl sites for hydroxylation is 1. The van der Waals surface area contributed by atoms with Crippen molar-refractivity contribution in [2.75, 3.05) is 16.2 Å². The van der Waals surface area contributed by atoms with E-state index in [1.54, 1.807) is 60.7 Å². The summed E-state index contributed by atoms with van der Waals surface area (Å²) >= 11 is 0. The molecule has 4 aromatic carbocycles. The number of ether oxygens (including phenoxy) is 1. The molecule has 1 aliphatic rings. The molecule has 2 N–H and O–H groups in total. The van der Waals surface area contributed by atoms with Gasteiger partial charge in [-0.2, -0.15) is 0 Å². The van der Waals surface area contributed by atoms with Crippen molar-refractivity contribution in [1.82, 2.24) is 5.32 Å². The molecule has 8 nitrogen and oxygen atoms in total. The predicted octanol–water partition coefficient (Wildman–Crippen LogP) is 6.68. The van der Waals surface area contributed by atoms with E-state index in [1.165, 1.54) is 18.6 Å². The van der Waals surface area contributed by atoms with Crippen LogP contribution in [0.5, 0.6) is 11.5 Å². The van der Waals surface area contributed by atoms with E-state index in [-0.39, 0.29) is 16.8 Å². The fourth-order valence-electron chi connectivity index (χ4n) is 5.08. The largest absolute Gasteiger partial charge is 0.457 e. The third kappa shape index (κ3) is 7.61. The molecule has 0 aromatic heterocycles. The van der Waals surface area contributed by atoms with Gasteiger partial charge in [0.2, 0.25) is 5.91 Å². The van der Waals surface area contributed by atoms with Gasteiger partial charge in [0.25, 0.3) is 15.9 Å². The van der Waals surface area contributed by atoms with Crippen molar-refractivity contribution in [1.29, 1.82) is 0 Å². The van der Waals surface area contributed by atoms with Crippen LogP contribution in [0.1, 0.15) is 48.0 Å². The quantitative estimate of drug-likeness (QED) is 0.212. The summed E-state index contributed by atoms with van der Waals surface area (Å²) in [5.74, 6) is 0.314. The van der Waals surface area contributed by atoms with E-state index < -0.39 is 22.5 Å². The third-order valence-electron chi connectivity index (χ3n) is 7.39. The summed E-state index contributed by atoms with van der Waals surface area (Å²) in [6.07, 6.45) is 5.19. The molecule has 9 heteroatoms. The van der Waals surface area contributed by atoms with Crippen molar-refractivity contribution in [3.05, 3.63) is 114 Å². The van der Waals surface area contributed by atoms with Gasteiger partial charge in [0.15, 0.2) is 0 Å². The number of benzene rings is 4. The third-order valence-corrected chi connectivity index (χ3v) is 9.17. The summed E-state index contributed by atoms with van der Waals surface area (Å²) in [4.78, 5) is 26.6. The number of anilines is 2. The second-order valence-corrected chi connectivity index (χ2v) is 12.5. The monoisotopic (exact) mass is 597 g/mol. The first kappa shape index (κ1) is 29.8.